The highest BCUT2D eigenvalue weighted by molar-refractivity contribution is 6.35. The van der Waals surface area contributed by atoms with Crippen LogP contribution in [0.15, 0.2) is 66.7 Å². The van der Waals surface area contributed by atoms with Crippen molar-refractivity contribution in [3.8, 4) is 0 Å². The Morgan fingerprint density at radius 1 is 0.722 bits per heavy atom. The van der Waals surface area contributed by atoms with Crippen molar-refractivity contribution in [2.24, 2.45) is 0 Å². The van der Waals surface area contributed by atoms with E-state index in [0.717, 1.165) is 11.1 Å². The van der Waals surface area contributed by atoms with Crippen molar-refractivity contribution in [2.75, 3.05) is 5.32 Å². The van der Waals surface area contributed by atoms with Crippen LogP contribution in [-0.4, -0.2) is 41.1 Å². The van der Waals surface area contributed by atoms with E-state index in [1.165, 1.54) is 42.5 Å². The van der Waals surface area contributed by atoms with Gasteiger partial charge in [-0.2, -0.15) is 0 Å². The molecule has 2 N–H and O–H groups in total. The van der Waals surface area contributed by atoms with Crippen molar-refractivity contribution >= 4 is 52.7 Å². The number of anilines is 1. The van der Waals surface area contributed by atoms with Crippen molar-refractivity contribution in [3.05, 3.63) is 99.0 Å². The van der Waals surface area contributed by atoms with Gasteiger partial charge in [0, 0.05) is 15.7 Å². The highest BCUT2D eigenvalue weighted by atomic mass is 35.5. The summed E-state index contributed by atoms with van der Waals surface area (Å²) in [6, 6.07) is 16.5. The summed E-state index contributed by atoms with van der Waals surface area (Å²) in [5, 5.41) is 12.6. The monoisotopic (exact) mass is 529 g/mol. The summed E-state index contributed by atoms with van der Waals surface area (Å²) in [5.74, 6) is -4.77. The molecule has 0 aromatic heterocycles. The Hall–Kier alpha value is -3.88. The van der Waals surface area contributed by atoms with Crippen molar-refractivity contribution in [1.82, 2.24) is 0 Å². The van der Waals surface area contributed by atoms with Crippen molar-refractivity contribution in [2.45, 2.75) is 26.1 Å². The zero-order valence-corrected chi connectivity index (χ0v) is 20.7. The SMILES string of the molecule is Cc1ccc(C(=O)O[C@H](C(=O)Nc2cc(Cl)cc(Cl)c2)[C@@H](OC(=O)c2ccc(C)cc2)C(=O)O)cc1. The number of benzene rings is 3. The van der Waals surface area contributed by atoms with Crippen LogP contribution in [0.2, 0.25) is 10.0 Å². The molecule has 0 fully saturated rings. The molecule has 8 nitrogen and oxygen atoms in total. The van der Waals surface area contributed by atoms with Crippen LogP contribution in [0, 0.1) is 13.8 Å². The first-order chi connectivity index (χ1) is 17.0. The molecule has 0 spiro atoms. The van der Waals surface area contributed by atoms with Gasteiger partial charge >= 0.3 is 17.9 Å². The van der Waals surface area contributed by atoms with Crippen LogP contribution in [0.5, 0.6) is 0 Å². The molecule has 0 aliphatic carbocycles. The minimum atomic E-state index is -2.16. The predicted octanol–water partition coefficient (Wildman–Crippen LogP) is 5.08. The van der Waals surface area contributed by atoms with Gasteiger partial charge in [0.25, 0.3) is 5.91 Å². The summed E-state index contributed by atoms with van der Waals surface area (Å²) in [4.78, 5) is 50.7. The van der Waals surface area contributed by atoms with Crippen LogP contribution in [-0.2, 0) is 19.1 Å². The van der Waals surface area contributed by atoms with Crippen LogP contribution in [0.25, 0.3) is 0 Å². The van der Waals surface area contributed by atoms with Crippen LogP contribution in [0.3, 0.4) is 0 Å². The summed E-state index contributed by atoms with van der Waals surface area (Å²) in [6.45, 7) is 3.62. The number of carbonyl (C=O) groups is 4. The Morgan fingerprint density at radius 2 is 1.14 bits per heavy atom. The molecule has 10 heteroatoms. The van der Waals surface area contributed by atoms with Gasteiger partial charge in [0.15, 0.2) is 0 Å². The lowest BCUT2D eigenvalue weighted by Crippen LogP contribution is -2.48. The number of halogens is 2. The number of esters is 2. The Kier molecular flexibility index (Phi) is 8.68. The number of hydrogen-bond acceptors (Lipinski definition) is 6. The maximum absolute atomic E-state index is 13.1. The number of rotatable bonds is 8. The normalized spacial score (nSPS) is 12.2. The fraction of sp³-hybridized carbons (Fsp3) is 0.154. The van der Waals surface area contributed by atoms with Crippen LogP contribution < -0.4 is 5.32 Å². The molecular weight excluding hydrogens is 509 g/mol. The lowest BCUT2D eigenvalue weighted by molar-refractivity contribution is -0.157. The highest BCUT2D eigenvalue weighted by Crippen LogP contribution is 2.23. The first-order valence-electron chi connectivity index (χ1n) is 10.6. The quantitative estimate of drug-likeness (QED) is 0.390. The molecule has 3 rings (SSSR count). The van der Waals surface area contributed by atoms with E-state index in [0.29, 0.717) is 0 Å². The number of ether oxygens (including phenoxy) is 2. The van der Waals surface area contributed by atoms with E-state index in [2.05, 4.69) is 5.32 Å². The number of carboxylic acids is 1. The molecule has 0 bridgehead atoms. The summed E-state index contributed by atoms with van der Waals surface area (Å²) in [7, 11) is 0. The van der Waals surface area contributed by atoms with E-state index in [-0.39, 0.29) is 26.9 Å². The summed E-state index contributed by atoms with van der Waals surface area (Å²) < 4.78 is 10.4. The molecule has 0 heterocycles. The third kappa shape index (κ3) is 7.07. The van der Waals surface area contributed by atoms with E-state index in [4.69, 9.17) is 32.7 Å². The molecule has 0 unspecified atom stereocenters. The van der Waals surface area contributed by atoms with E-state index in [9.17, 15) is 24.3 Å². The van der Waals surface area contributed by atoms with Gasteiger partial charge in [-0.3, -0.25) is 4.79 Å². The predicted molar refractivity (Wildman–Crippen MR) is 133 cm³/mol. The van der Waals surface area contributed by atoms with Gasteiger partial charge in [0.05, 0.1) is 11.1 Å². The summed E-state index contributed by atoms with van der Waals surface area (Å²) in [5.41, 5.74) is 1.97. The summed E-state index contributed by atoms with van der Waals surface area (Å²) in [6.07, 6.45) is -4.22. The lowest BCUT2D eigenvalue weighted by Gasteiger charge is -2.23. The number of aryl methyl sites for hydroxylation is 2. The van der Waals surface area contributed by atoms with Crippen molar-refractivity contribution in [1.29, 1.82) is 0 Å². The largest absolute Gasteiger partial charge is 0.478 e. The fourth-order valence-corrected chi connectivity index (χ4v) is 3.61. The molecule has 0 saturated heterocycles. The number of aliphatic carboxylic acids is 1. The molecule has 2 atom stereocenters. The molecule has 1 amide bonds. The fourth-order valence-electron chi connectivity index (χ4n) is 3.08. The van der Waals surface area contributed by atoms with E-state index in [1.807, 2.05) is 13.8 Å². The molecule has 0 aliphatic rings. The number of carboxylic acid groups (broad SMARTS) is 1. The molecule has 3 aromatic carbocycles. The van der Waals surface area contributed by atoms with Crippen LogP contribution >= 0.6 is 23.2 Å². The van der Waals surface area contributed by atoms with Gasteiger partial charge in [-0.15, -0.1) is 0 Å². The molecule has 3 aromatic rings. The van der Waals surface area contributed by atoms with Crippen molar-refractivity contribution in [3.63, 3.8) is 0 Å². The van der Waals surface area contributed by atoms with Gasteiger partial charge in [-0.05, 0) is 56.3 Å². The number of amides is 1. The Labute approximate surface area is 216 Å². The van der Waals surface area contributed by atoms with Gasteiger partial charge in [0.1, 0.15) is 0 Å². The average molecular weight is 530 g/mol. The van der Waals surface area contributed by atoms with Crippen LogP contribution in [0.4, 0.5) is 5.69 Å². The standard InChI is InChI=1S/C26H21Cl2NO7/c1-14-3-7-16(8-4-14)25(33)35-21(23(30)29-20-12-18(27)11-19(28)13-20)22(24(31)32)36-26(34)17-9-5-15(2)6-10-17/h3-13,21-22H,1-2H3,(H,29,30)(H,31,32)/t21-,22+/m0/s1. The Balaban J connectivity index is 1.92. The highest BCUT2D eigenvalue weighted by Gasteiger charge is 2.41. The molecule has 36 heavy (non-hydrogen) atoms. The minimum absolute atomic E-state index is 0.0532. The molecule has 0 radical (unpaired) electrons. The molecular formula is C26H21Cl2NO7. The molecule has 186 valence electrons. The average Bonchev–Trinajstić information content (AvgIpc) is 2.81. The Morgan fingerprint density at radius 3 is 1.56 bits per heavy atom. The number of carbonyl (C=O) groups excluding carboxylic acids is 3. The van der Waals surface area contributed by atoms with Gasteiger partial charge in [-0.25, -0.2) is 14.4 Å². The minimum Gasteiger partial charge on any atom is -0.478 e. The maximum Gasteiger partial charge on any atom is 0.349 e. The Bertz CT molecular complexity index is 1270. The second-order valence-corrected chi connectivity index (χ2v) is 8.74. The third-order valence-electron chi connectivity index (χ3n) is 4.95. The zero-order chi connectivity index (χ0) is 26.4. The molecule has 0 saturated carbocycles. The number of nitrogens with one attached hydrogen (secondary N) is 1. The summed E-state index contributed by atoms with van der Waals surface area (Å²) >= 11 is 11.9. The van der Waals surface area contributed by atoms with Gasteiger partial charge in [-0.1, -0.05) is 58.6 Å². The first-order valence-corrected chi connectivity index (χ1v) is 11.3. The first kappa shape index (κ1) is 26.7. The van der Waals surface area contributed by atoms with Crippen LogP contribution in [0.1, 0.15) is 31.8 Å². The maximum atomic E-state index is 13.1. The smallest absolute Gasteiger partial charge is 0.349 e. The third-order valence-corrected chi connectivity index (χ3v) is 5.39. The second-order valence-electron chi connectivity index (χ2n) is 7.87. The molecule has 0 aliphatic heterocycles. The topological polar surface area (TPSA) is 119 Å². The van der Waals surface area contributed by atoms with Crippen molar-refractivity contribution < 1.29 is 33.8 Å². The van der Waals surface area contributed by atoms with E-state index in [1.54, 1.807) is 24.3 Å². The van der Waals surface area contributed by atoms with E-state index >= 15 is 0 Å². The lowest BCUT2D eigenvalue weighted by atomic mass is 10.1. The number of hydrogen-bond donors (Lipinski definition) is 2. The second kappa shape index (κ2) is 11.7. The van der Waals surface area contributed by atoms with Gasteiger partial charge in [0.2, 0.25) is 12.2 Å². The van der Waals surface area contributed by atoms with Gasteiger partial charge < -0.3 is 19.9 Å². The van der Waals surface area contributed by atoms with E-state index < -0.39 is 36.0 Å². The zero-order valence-electron chi connectivity index (χ0n) is 19.2.